The Morgan fingerprint density at radius 1 is 1.00 bits per heavy atom. The molecule has 1 amide bonds. The summed E-state index contributed by atoms with van der Waals surface area (Å²) in [7, 11) is 2.02. The van der Waals surface area contributed by atoms with Gasteiger partial charge < -0.3 is 19.2 Å². The van der Waals surface area contributed by atoms with Gasteiger partial charge in [-0.05, 0) is 37.6 Å². The number of hydrogen-bond acceptors (Lipinski definition) is 6. The van der Waals surface area contributed by atoms with Gasteiger partial charge in [-0.3, -0.25) is 14.6 Å². The molecule has 1 fully saturated rings. The summed E-state index contributed by atoms with van der Waals surface area (Å²) in [5.74, 6) is -4.29. The van der Waals surface area contributed by atoms with Crippen molar-refractivity contribution in [2.24, 2.45) is 7.05 Å². The number of alkyl halides is 6. The summed E-state index contributed by atoms with van der Waals surface area (Å²) in [6.45, 7) is 2.58. The molecule has 1 aromatic carbocycles. The smallest absolute Gasteiger partial charge is 0.475 e. The monoisotopic (exact) mass is 590 g/mol. The predicted molar refractivity (Wildman–Crippen MR) is 129 cm³/mol. The van der Waals surface area contributed by atoms with E-state index in [0.29, 0.717) is 0 Å². The van der Waals surface area contributed by atoms with Crippen LogP contribution in [0.4, 0.5) is 37.7 Å². The maximum absolute atomic E-state index is 13.6. The quantitative estimate of drug-likeness (QED) is 0.427. The van der Waals surface area contributed by atoms with Crippen molar-refractivity contribution in [3.63, 3.8) is 0 Å². The molecule has 4 heterocycles. The Morgan fingerprint density at radius 3 is 2.02 bits per heavy atom. The van der Waals surface area contributed by atoms with Gasteiger partial charge in [-0.15, -0.1) is 0 Å². The maximum atomic E-state index is 13.6. The number of aliphatic carboxylic acids is 2. The average Bonchev–Trinajstić information content (AvgIpc) is 3.61. The first kappa shape index (κ1) is 31.2. The number of carboxylic acids is 2. The Morgan fingerprint density at radius 2 is 1.56 bits per heavy atom. The summed E-state index contributed by atoms with van der Waals surface area (Å²) in [5.41, 5.74) is 2.50. The van der Waals surface area contributed by atoms with Crippen LogP contribution >= 0.6 is 0 Å². The number of furan rings is 1. The standard InChI is InChI=1S/C21H22N4O2.2C2HF3O2/c1-23-12-9-22-19(23)14-24-10-7-21(8-11-24)17-4-2-3-5-18(17)25(20(21)26)16-6-13-27-15-16;2*3-2(4,5)1(6)7/h2-6,9,12-13,15H,7-8,10-11,14H2,1H3;2*(H,6,7). The van der Waals surface area contributed by atoms with Crippen molar-refractivity contribution in [1.29, 1.82) is 0 Å². The van der Waals surface area contributed by atoms with Gasteiger partial charge in [-0.1, -0.05) is 18.2 Å². The molecule has 10 nitrogen and oxygen atoms in total. The van der Waals surface area contributed by atoms with E-state index in [1.54, 1.807) is 12.5 Å². The number of likely N-dealkylation sites (tertiary alicyclic amines) is 1. The molecule has 41 heavy (non-hydrogen) atoms. The largest absolute Gasteiger partial charge is 0.490 e. The number of aromatic nitrogens is 2. The SMILES string of the molecule is Cn1ccnc1CN1CCC2(CC1)C(=O)N(c1ccoc1)c1ccccc12.O=C(O)C(F)(F)F.O=C(O)C(F)(F)F. The number of halogens is 6. The highest BCUT2D eigenvalue weighted by Crippen LogP contribution is 2.50. The number of piperidine rings is 1. The molecule has 2 aliphatic rings. The number of para-hydroxylation sites is 1. The van der Waals surface area contributed by atoms with Crippen molar-refractivity contribution in [2.75, 3.05) is 18.0 Å². The molecule has 0 unspecified atom stereocenters. The predicted octanol–water partition coefficient (Wildman–Crippen LogP) is 4.49. The van der Waals surface area contributed by atoms with E-state index < -0.39 is 29.7 Å². The van der Waals surface area contributed by atoms with Crippen LogP contribution in [0.3, 0.4) is 0 Å². The molecule has 0 atom stereocenters. The first-order valence-electron chi connectivity index (χ1n) is 11.8. The van der Waals surface area contributed by atoms with E-state index in [4.69, 9.17) is 24.2 Å². The van der Waals surface area contributed by atoms with Crippen molar-refractivity contribution in [3.05, 3.63) is 66.6 Å². The molecule has 16 heteroatoms. The van der Waals surface area contributed by atoms with E-state index in [1.165, 1.54) is 0 Å². The average molecular weight is 590 g/mol. The number of fused-ring (bicyclic) bond motifs is 2. The lowest BCUT2D eigenvalue weighted by atomic mass is 9.73. The van der Waals surface area contributed by atoms with Crippen molar-refractivity contribution < 1.29 is 55.4 Å². The number of imidazole rings is 1. The number of nitrogens with zero attached hydrogens (tertiary/aromatic N) is 4. The summed E-state index contributed by atoms with van der Waals surface area (Å²) in [6.07, 6.45) is -1.46. The lowest BCUT2D eigenvalue weighted by Gasteiger charge is -2.38. The Labute approximate surface area is 228 Å². The number of aryl methyl sites for hydroxylation is 1. The van der Waals surface area contributed by atoms with Crippen LogP contribution in [-0.4, -0.2) is 68.0 Å². The molecule has 5 rings (SSSR count). The fourth-order valence-electron chi connectivity index (χ4n) is 4.48. The lowest BCUT2D eigenvalue weighted by molar-refractivity contribution is -0.193. The second kappa shape index (κ2) is 12.0. The topological polar surface area (TPSA) is 129 Å². The number of carbonyl (C=O) groups is 3. The molecule has 1 saturated heterocycles. The molecule has 0 aliphatic carbocycles. The number of carboxylic acid groups (broad SMARTS) is 2. The Balaban J connectivity index is 0.000000276. The zero-order chi connectivity index (χ0) is 30.6. The minimum Gasteiger partial charge on any atom is -0.475 e. The van der Waals surface area contributed by atoms with Crippen LogP contribution in [-0.2, 0) is 33.4 Å². The molecular formula is C25H24F6N4O6. The van der Waals surface area contributed by atoms with Gasteiger partial charge in [-0.25, -0.2) is 14.6 Å². The molecule has 3 aromatic rings. The van der Waals surface area contributed by atoms with E-state index in [0.717, 1.165) is 55.2 Å². The van der Waals surface area contributed by atoms with Gasteiger partial charge in [0, 0.05) is 25.5 Å². The molecule has 1 spiro atoms. The molecule has 2 aromatic heterocycles. The highest BCUT2D eigenvalue weighted by atomic mass is 19.4. The summed E-state index contributed by atoms with van der Waals surface area (Å²) < 4.78 is 70.8. The van der Waals surface area contributed by atoms with E-state index in [1.807, 2.05) is 48.6 Å². The van der Waals surface area contributed by atoms with Crippen LogP contribution in [0.2, 0.25) is 0 Å². The molecular weight excluding hydrogens is 566 g/mol. The summed E-state index contributed by atoms with van der Waals surface area (Å²) in [5, 5.41) is 14.2. The third kappa shape index (κ3) is 7.06. The van der Waals surface area contributed by atoms with Crippen molar-refractivity contribution in [2.45, 2.75) is 37.2 Å². The van der Waals surface area contributed by atoms with Gasteiger partial charge in [0.15, 0.2) is 0 Å². The molecule has 2 N–H and O–H groups in total. The van der Waals surface area contributed by atoms with Crippen LogP contribution in [0, 0.1) is 0 Å². The Bertz CT molecular complexity index is 1340. The van der Waals surface area contributed by atoms with E-state index in [-0.39, 0.29) is 5.91 Å². The first-order chi connectivity index (χ1) is 19.1. The van der Waals surface area contributed by atoms with Crippen LogP contribution in [0.5, 0.6) is 0 Å². The van der Waals surface area contributed by atoms with E-state index >= 15 is 0 Å². The third-order valence-corrected chi connectivity index (χ3v) is 6.52. The molecule has 2 aliphatic heterocycles. The third-order valence-electron chi connectivity index (χ3n) is 6.52. The number of anilines is 2. The summed E-state index contributed by atoms with van der Waals surface area (Å²) in [4.78, 5) is 40.0. The van der Waals surface area contributed by atoms with Crippen molar-refractivity contribution in [3.8, 4) is 0 Å². The van der Waals surface area contributed by atoms with Crippen molar-refractivity contribution in [1.82, 2.24) is 14.5 Å². The minimum atomic E-state index is -5.08. The van der Waals surface area contributed by atoms with Crippen LogP contribution in [0.15, 0.2) is 59.7 Å². The summed E-state index contributed by atoms with van der Waals surface area (Å²) in [6, 6.07) is 10.0. The Hall–Kier alpha value is -4.34. The van der Waals surface area contributed by atoms with Gasteiger partial charge in [-0.2, -0.15) is 26.3 Å². The number of amides is 1. The highest BCUT2D eigenvalue weighted by molar-refractivity contribution is 6.13. The normalized spacial score (nSPS) is 16.4. The lowest BCUT2D eigenvalue weighted by Crippen LogP contribution is -2.47. The minimum absolute atomic E-state index is 0.168. The van der Waals surface area contributed by atoms with Gasteiger partial charge in [0.2, 0.25) is 5.91 Å². The van der Waals surface area contributed by atoms with Crippen LogP contribution in [0.1, 0.15) is 24.2 Å². The number of hydrogen-bond donors (Lipinski definition) is 2. The van der Waals surface area contributed by atoms with Crippen LogP contribution in [0.25, 0.3) is 0 Å². The van der Waals surface area contributed by atoms with Crippen molar-refractivity contribution >= 4 is 29.2 Å². The Kier molecular flexibility index (Phi) is 9.16. The van der Waals surface area contributed by atoms with Gasteiger partial charge in [0.25, 0.3) is 0 Å². The van der Waals surface area contributed by atoms with Gasteiger partial charge in [0.1, 0.15) is 12.1 Å². The molecule has 0 radical (unpaired) electrons. The second-order valence-electron chi connectivity index (χ2n) is 9.06. The number of benzene rings is 1. The maximum Gasteiger partial charge on any atom is 0.490 e. The van der Waals surface area contributed by atoms with Gasteiger partial charge >= 0.3 is 24.3 Å². The van der Waals surface area contributed by atoms with Crippen LogP contribution < -0.4 is 4.90 Å². The number of rotatable bonds is 3. The summed E-state index contributed by atoms with van der Waals surface area (Å²) >= 11 is 0. The van der Waals surface area contributed by atoms with Gasteiger partial charge in [0.05, 0.1) is 29.6 Å². The zero-order valence-corrected chi connectivity index (χ0v) is 21.3. The zero-order valence-electron chi connectivity index (χ0n) is 21.3. The molecule has 222 valence electrons. The number of carbonyl (C=O) groups excluding carboxylic acids is 1. The fourth-order valence-corrected chi connectivity index (χ4v) is 4.48. The fraction of sp³-hybridized carbons (Fsp3) is 0.360. The van der Waals surface area contributed by atoms with E-state index in [9.17, 15) is 31.1 Å². The second-order valence-corrected chi connectivity index (χ2v) is 9.06. The van der Waals surface area contributed by atoms with E-state index in [2.05, 4.69) is 20.5 Å². The molecule has 0 bridgehead atoms. The first-order valence-corrected chi connectivity index (χ1v) is 11.8. The highest BCUT2D eigenvalue weighted by Gasteiger charge is 2.52. The molecule has 0 saturated carbocycles.